The average Bonchev–Trinajstić information content (AvgIpc) is 2.08. The zero-order valence-electron chi connectivity index (χ0n) is 50.7. The Morgan fingerprint density at radius 2 is 1.19 bits per heavy atom. The summed E-state index contributed by atoms with van der Waals surface area (Å²) in [5.41, 5.74) is 19.3. The predicted octanol–water partition coefficient (Wildman–Crippen LogP) is -0.719. The molecule has 2 aliphatic carbocycles. The second-order valence-electron chi connectivity index (χ2n) is 23.0. The normalized spacial score (nSPS) is 16.1. The lowest BCUT2D eigenvalue weighted by Crippen LogP contribution is -2.61. The number of amides is 11. The van der Waals surface area contributed by atoms with Crippen LogP contribution in [0.3, 0.4) is 0 Å². The van der Waals surface area contributed by atoms with E-state index in [-0.39, 0.29) is 75.2 Å². The van der Waals surface area contributed by atoms with E-state index in [1.807, 2.05) is 46.9 Å². The van der Waals surface area contributed by atoms with Crippen molar-refractivity contribution >= 4 is 104 Å². The van der Waals surface area contributed by atoms with Crippen molar-refractivity contribution in [1.82, 2.24) is 63.5 Å². The number of aromatic amines is 1. The van der Waals surface area contributed by atoms with Gasteiger partial charge in [-0.1, -0.05) is 105 Å². The smallest absolute Gasteiger partial charge is 0.244 e. The molecule has 0 radical (unpaired) electrons. The van der Waals surface area contributed by atoms with Gasteiger partial charge in [0.25, 0.3) is 0 Å². The van der Waals surface area contributed by atoms with Gasteiger partial charge in [-0.25, -0.2) is 0 Å². The second-order valence-corrected chi connectivity index (χ2v) is 24.9. The van der Waals surface area contributed by atoms with Gasteiger partial charge in [-0.2, -0.15) is 0 Å². The maximum Gasteiger partial charge on any atom is 0.244 e. The van der Waals surface area contributed by atoms with Gasteiger partial charge in [0.15, 0.2) is 5.96 Å². The number of H-pyrrole nitrogens is 1. The highest BCUT2D eigenvalue weighted by molar-refractivity contribution is 14.1. The molecule has 3 aromatic rings. The number of aromatic nitrogens is 1. The number of phenols is 1. The number of carbonyl (C=O) groups excluding carboxylic acids is 11. The van der Waals surface area contributed by atoms with Crippen molar-refractivity contribution in [1.29, 1.82) is 5.41 Å². The predicted molar refractivity (Wildman–Crippen MR) is 340 cm³/mol. The lowest BCUT2D eigenvalue weighted by atomic mass is 9.84. The molecule has 11 amide bonds. The van der Waals surface area contributed by atoms with Crippen molar-refractivity contribution in [3.8, 4) is 5.75 Å². The first kappa shape index (κ1) is 71.7. The fourth-order valence-corrected chi connectivity index (χ4v) is 11.1. The Labute approximate surface area is 531 Å². The highest BCUT2D eigenvalue weighted by Crippen LogP contribution is 2.34. The zero-order chi connectivity index (χ0) is 65.2. The van der Waals surface area contributed by atoms with Crippen LogP contribution in [0.4, 0.5) is 0 Å². The standard InChI is InChI=1S/C60H89IN16O12/c1-33(61)51(77-58(88)48(30-49(63)80)75-55(85)42(16-9-10-24-62)72-56(86)46(70-34(2)78)27-37-20-22-39(79)23-21-37)59(89)76-45(26-35-12-5-4-6-13-35)53(83)69-32-50(81)71-47(28-36-18-19-36)57(87)73-43(17-11-25-67-60(65)66-3)54(84)74-44(52(64)82)29-38-31-68-41-15-8-7-14-40(38)41/h7-8,14-15,20-23,31,33,35-36,42-48,51,68,79H,4-6,9-13,16-19,24-30,32,62H2,1-3H3,(H2,63,80)(H2,64,82)(H,69,83)(H,70,78)(H,71,81)(H,72,86)(H,73,87)(H,74,84)(H,75,85)(H,76,89)(H,77,88)(H3,65,66,67)/t33-,42+,43+,44+,45+,46-,47+,48+,51+/m1/s1. The van der Waals surface area contributed by atoms with Crippen molar-refractivity contribution < 1.29 is 57.8 Å². The van der Waals surface area contributed by atoms with Crippen LogP contribution in [0.2, 0.25) is 0 Å². The summed E-state index contributed by atoms with van der Waals surface area (Å²) < 4.78 is -0.673. The molecule has 2 aliphatic rings. The number of nitrogens with two attached hydrogens (primary N) is 3. The summed E-state index contributed by atoms with van der Waals surface area (Å²) in [4.78, 5) is 153. The molecule has 2 fully saturated rings. The zero-order valence-corrected chi connectivity index (χ0v) is 52.9. The molecule has 0 saturated heterocycles. The first-order valence-corrected chi connectivity index (χ1v) is 31.6. The largest absolute Gasteiger partial charge is 0.508 e. The summed E-state index contributed by atoms with van der Waals surface area (Å²) in [5.74, 6) is -8.49. The van der Waals surface area contributed by atoms with Gasteiger partial charge in [-0.05, 0) is 92.7 Å². The van der Waals surface area contributed by atoms with Crippen LogP contribution in [-0.4, -0.2) is 160 Å². The lowest BCUT2D eigenvalue weighted by Gasteiger charge is -2.30. The molecule has 0 aliphatic heterocycles. The Balaban J connectivity index is 1.27. The Hall–Kier alpha value is -8.09. The third kappa shape index (κ3) is 24.8. The van der Waals surface area contributed by atoms with Gasteiger partial charge in [-0.3, -0.25) is 58.1 Å². The summed E-state index contributed by atoms with van der Waals surface area (Å²) in [6.07, 6.45) is 8.50. The number of hydrogen-bond donors (Lipinski definition) is 17. The van der Waals surface area contributed by atoms with E-state index >= 15 is 0 Å². The van der Waals surface area contributed by atoms with Crippen LogP contribution in [0.25, 0.3) is 10.9 Å². The maximum atomic E-state index is 14.4. The Morgan fingerprint density at radius 1 is 0.629 bits per heavy atom. The van der Waals surface area contributed by atoms with E-state index < -0.39 is 130 Å². The van der Waals surface area contributed by atoms with Crippen molar-refractivity contribution in [3.05, 3.63) is 65.9 Å². The van der Waals surface area contributed by atoms with Crippen LogP contribution >= 0.6 is 22.6 Å². The number of primary amides is 2. The summed E-state index contributed by atoms with van der Waals surface area (Å²) in [7, 11) is 1.57. The van der Waals surface area contributed by atoms with Crippen molar-refractivity contribution in [3.63, 3.8) is 0 Å². The molecule has 0 unspecified atom stereocenters. The molecule has 89 heavy (non-hydrogen) atoms. The number of hydrogen-bond acceptors (Lipinski definition) is 14. The van der Waals surface area contributed by atoms with Crippen LogP contribution in [0, 0.1) is 17.2 Å². The topological polar surface area (TPSA) is 458 Å². The number of fused-ring (bicyclic) bond motifs is 1. The highest BCUT2D eigenvalue weighted by atomic mass is 127. The van der Waals surface area contributed by atoms with Gasteiger partial charge < -0.3 is 85.8 Å². The molecule has 2 saturated carbocycles. The van der Waals surface area contributed by atoms with Gasteiger partial charge in [0.05, 0.1) is 13.0 Å². The minimum Gasteiger partial charge on any atom is -0.508 e. The molecule has 0 spiro atoms. The van der Waals surface area contributed by atoms with Gasteiger partial charge >= 0.3 is 0 Å². The molecule has 1 aromatic heterocycles. The van der Waals surface area contributed by atoms with Gasteiger partial charge in [0.2, 0.25) is 65.0 Å². The first-order valence-electron chi connectivity index (χ1n) is 30.4. The van der Waals surface area contributed by atoms with Crippen molar-refractivity contribution in [2.45, 2.75) is 175 Å². The third-order valence-corrected chi connectivity index (χ3v) is 16.3. The minimum atomic E-state index is -1.66. The summed E-state index contributed by atoms with van der Waals surface area (Å²) in [5, 5.41) is 47.9. The molecule has 1 heterocycles. The van der Waals surface area contributed by atoms with E-state index in [4.69, 9.17) is 22.6 Å². The molecule has 5 rings (SSSR count). The number of guanidine groups is 1. The van der Waals surface area contributed by atoms with Crippen LogP contribution in [-0.2, 0) is 65.6 Å². The van der Waals surface area contributed by atoms with Gasteiger partial charge in [0.1, 0.15) is 54.1 Å². The van der Waals surface area contributed by atoms with Crippen LogP contribution < -0.4 is 75.7 Å². The number of carbonyl (C=O) groups is 11. The maximum absolute atomic E-state index is 14.4. The van der Waals surface area contributed by atoms with Crippen LogP contribution in [0.1, 0.15) is 121 Å². The first-order chi connectivity index (χ1) is 42.4. The molecule has 0 bridgehead atoms. The molecule has 29 heteroatoms. The molecular weight excluding hydrogens is 1260 g/mol. The van der Waals surface area contributed by atoms with Gasteiger partial charge in [-0.15, -0.1) is 0 Å². The quantitative estimate of drug-likeness (QED) is 0.0111. The number of rotatable bonds is 37. The summed E-state index contributed by atoms with van der Waals surface area (Å²) in [6.45, 7) is 2.72. The van der Waals surface area contributed by atoms with E-state index in [2.05, 4.69) is 63.5 Å². The number of unbranched alkanes of at least 4 members (excludes halogenated alkanes) is 1. The van der Waals surface area contributed by atoms with E-state index in [0.717, 1.165) is 61.4 Å². The number of nitrogens with one attached hydrogen (secondary N) is 13. The third-order valence-electron chi connectivity index (χ3n) is 15.6. The fraction of sp³-hybridized carbons (Fsp3) is 0.567. The second kappa shape index (κ2) is 36.4. The summed E-state index contributed by atoms with van der Waals surface area (Å²) in [6, 6.07) is 3.14. The van der Waals surface area contributed by atoms with Gasteiger partial charge in [0, 0.05) is 54.4 Å². The SMILES string of the molecule is CNC(=N)NCCC[C@H](NC(=O)[C@H](CC1CC1)NC(=O)CNC(=O)[C@H](CC1CCCCC1)NC(=O)[C@@H](NC(=O)[C@H](CC(N)=O)NC(=O)[C@H](CCCCN)NC(=O)[C@@H](Cc1ccc(O)cc1)NC(C)=O)[C@@H](C)I)C(=O)N[C@@H](Cc1c[nH]c2ccccc12)C(N)=O. The number of benzene rings is 2. The minimum absolute atomic E-state index is 0.00302. The Kier molecular flexibility index (Phi) is 29.3. The van der Waals surface area contributed by atoms with Crippen LogP contribution in [0.5, 0.6) is 5.75 Å². The molecule has 28 nitrogen and oxygen atoms in total. The number of halogens is 1. The number of phenolic OH excluding ortho intramolecular Hbond substituents is 1. The Morgan fingerprint density at radius 3 is 1.79 bits per heavy atom. The lowest BCUT2D eigenvalue weighted by molar-refractivity contribution is -0.136. The highest BCUT2D eigenvalue weighted by Gasteiger charge is 2.37. The Bertz CT molecular complexity index is 2940. The van der Waals surface area contributed by atoms with Crippen molar-refractivity contribution in [2.75, 3.05) is 26.7 Å². The average molecular weight is 1350 g/mol. The number of para-hydroxylation sites is 1. The van der Waals surface area contributed by atoms with Crippen molar-refractivity contribution in [2.24, 2.45) is 29.0 Å². The molecule has 488 valence electrons. The summed E-state index contributed by atoms with van der Waals surface area (Å²) >= 11 is 1.91. The van der Waals surface area contributed by atoms with Crippen LogP contribution in [0.15, 0.2) is 54.7 Å². The molecule has 20 N–H and O–H groups in total. The van der Waals surface area contributed by atoms with E-state index in [1.54, 1.807) is 32.3 Å². The molecule has 9 atom stereocenters. The molecular formula is C60H89IN16O12. The van der Waals surface area contributed by atoms with E-state index in [0.29, 0.717) is 24.8 Å². The van der Waals surface area contributed by atoms with E-state index in [9.17, 15) is 57.8 Å². The monoisotopic (exact) mass is 1350 g/mol. The fourth-order valence-electron chi connectivity index (χ4n) is 10.5. The molecule has 2 aromatic carbocycles. The number of aromatic hydroxyl groups is 1. The van der Waals surface area contributed by atoms with E-state index in [1.165, 1.54) is 19.1 Å². The number of alkyl halides is 1.